The molecule has 0 radical (unpaired) electrons. The van der Waals surface area contributed by atoms with E-state index >= 15 is 0 Å². The van der Waals surface area contributed by atoms with Crippen LogP contribution < -0.4 is 10.9 Å². The maximum Gasteiger partial charge on any atom is 0.258 e. The number of hydrogen-bond donors (Lipinski definition) is 1. The predicted molar refractivity (Wildman–Crippen MR) is 109 cm³/mol. The van der Waals surface area contributed by atoms with Gasteiger partial charge in [0.1, 0.15) is 0 Å². The molecular weight excluding hydrogens is 338 g/mol. The van der Waals surface area contributed by atoms with E-state index in [2.05, 4.69) is 10.2 Å². The number of hydrogen-bond acceptors (Lipinski definition) is 3. The van der Waals surface area contributed by atoms with E-state index in [1.54, 1.807) is 4.57 Å². The molecular formula is C22H29N3O2. The lowest BCUT2D eigenvalue weighted by molar-refractivity contribution is -0.117. The number of nitrogens with zero attached hydrogens (tertiary/aromatic N) is 2. The van der Waals surface area contributed by atoms with Crippen molar-refractivity contribution in [3.8, 4) is 0 Å². The van der Waals surface area contributed by atoms with Crippen LogP contribution in [0.2, 0.25) is 0 Å². The molecule has 2 fully saturated rings. The molecule has 0 aliphatic heterocycles. The summed E-state index contributed by atoms with van der Waals surface area (Å²) in [5, 5.41) is 4.56. The molecule has 2 aliphatic carbocycles. The smallest absolute Gasteiger partial charge is 0.258 e. The third-order valence-corrected chi connectivity index (χ3v) is 6.41. The molecule has 1 heterocycles. The molecule has 1 N–H and O–H groups in total. The highest BCUT2D eigenvalue weighted by Gasteiger charge is 2.40. The second-order valence-corrected chi connectivity index (χ2v) is 8.57. The lowest BCUT2D eigenvalue weighted by atomic mass is 9.86. The van der Waals surface area contributed by atoms with Gasteiger partial charge in [0, 0.05) is 42.2 Å². The first-order chi connectivity index (χ1) is 13.0. The Morgan fingerprint density at radius 3 is 2.74 bits per heavy atom. The SMILES string of the molecule is CN(C)CCn1ccc2c(NC(=O)CC3C[C@H]4CC[C@@H]3C4)cccc2c1=O. The molecule has 2 aliphatic rings. The van der Waals surface area contributed by atoms with Gasteiger partial charge in [0.2, 0.25) is 5.91 Å². The fraction of sp³-hybridized carbons (Fsp3) is 0.545. The topological polar surface area (TPSA) is 54.3 Å². The van der Waals surface area contributed by atoms with Crippen molar-refractivity contribution in [2.45, 2.75) is 38.6 Å². The summed E-state index contributed by atoms with van der Waals surface area (Å²) < 4.78 is 1.74. The zero-order valence-electron chi connectivity index (χ0n) is 16.3. The van der Waals surface area contributed by atoms with Gasteiger partial charge in [-0.15, -0.1) is 0 Å². The number of rotatable bonds is 6. The third kappa shape index (κ3) is 3.79. The summed E-state index contributed by atoms with van der Waals surface area (Å²) >= 11 is 0. The molecule has 1 amide bonds. The number of carbonyl (C=O) groups is 1. The van der Waals surface area contributed by atoms with Crippen molar-refractivity contribution in [1.29, 1.82) is 0 Å². The van der Waals surface area contributed by atoms with Crippen LogP contribution in [0.15, 0.2) is 35.3 Å². The highest BCUT2D eigenvalue weighted by atomic mass is 16.1. The number of benzene rings is 1. The van der Waals surface area contributed by atoms with Gasteiger partial charge < -0.3 is 14.8 Å². The first-order valence-corrected chi connectivity index (χ1v) is 10.1. The monoisotopic (exact) mass is 367 g/mol. The van der Waals surface area contributed by atoms with Crippen LogP contribution in [-0.2, 0) is 11.3 Å². The highest BCUT2D eigenvalue weighted by Crippen LogP contribution is 2.49. The number of pyridine rings is 1. The Hall–Kier alpha value is -2.14. The lowest BCUT2D eigenvalue weighted by Crippen LogP contribution is -2.26. The minimum Gasteiger partial charge on any atom is -0.326 e. The predicted octanol–water partition coefficient (Wildman–Crippen LogP) is 3.33. The van der Waals surface area contributed by atoms with Crippen LogP contribution in [0.25, 0.3) is 10.8 Å². The summed E-state index contributed by atoms with van der Waals surface area (Å²) in [6, 6.07) is 7.53. The molecule has 2 saturated carbocycles. The van der Waals surface area contributed by atoms with E-state index in [1.807, 2.05) is 44.6 Å². The van der Waals surface area contributed by atoms with Gasteiger partial charge in [0.15, 0.2) is 0 Å². The zero-order chi connectivity index (χ0) is 19.0. The van der Waals surface area contributed by atoms with Gasteiger partial charge in [-0.05, 0) is 69.3 Å². The van der Waals surface area contributed by atoms with E-state index in [-0.39, 0.29) is 11.5 Å². The van der Waals surface area contributed by atoms with Crippen LogP contribution >= 0.6 is 0 Å². The Kier molecular flexibility index (Phi) is 5.04. The number of aromatic nitrogens is 1. The summed E-state index contributed by atoms with van der Waals surface area (Å²) in [4.78, 5) is 27.5. The molecule has 5 heteroatoms. The second-order valence-electron chi connectivity index (χ2n) is 8.57. The van der Waals surface area contributed by atoms with E-state index in [1.165, 1.54) is 25.7 Å². The molecule has 0 spiro atoms. The number of carbonyl (C=O) groups excluding carboxylic acids is 1. The van der Waals surface area contributed by atoms with Gasteiger partial charge in [-0.25, -0.2) is 0 Å². The minimum atomic E-state index is -0.00134. The van der Waals surface area contributed by atoms with E-state index in [4.69, 9.17) is 0 Å². The van der Waals surface area contributed by atoms with Crippen LogP contribution in [0.1, 0.15) is 32.1 Å². The van der Waals surface area contributed by atoms with Crippen molar-refractivity contribution in [3.05, 3.63) is 40.8 Å². The molecule has 1 aromatic heterocycles. The summed E-state index contributed by atoms with van der Waals surface area (Å²) in [5.41, 5.74) is 0.746. The van der Waals surface area contributed by atoms with Gasteiger partial charge in [-0.1, -0.05) is 12.5 Å². The van der Waals surface area contributed by atoms with Crippen molar-refractivity contribution in [2.75, 3.05) is 26.0 Å². The lowest BCUT2D eigenvalue weighted by Gasteiger charge is -2.21. The van der Waals surface area contributed by atoms with Gasteiger partial charge in [0.25, 0.3) is 5.56 Å². The highest BCUT2D eigenvalue weighted by molar-refractivity contribution is 6.01. The largest absolute Gasteiger partial charge is 0.326 e. The third-order valence-electron chi connectivity index (χ3n) is 6.41. The van der Waals surface area contributed by atoms with Gasteiger partial charge >= 0.3 is 0 Å². The maximum absolute atomic E-state index is 12.8. The summed E-state index contributed by atoms with van der Waals surface area (Å²) in [5.74, 6) is 2.22. The summed E-state index contributed by atoms with van der Waals surface area (Å²) in [7, 11) is 3.99. The Morgan fingerprint density at radius 2 is 2.04 bits per heavy atom. The van der Waals surface area contributed by atoms with Crippen molar-refractivity contribution in [3.63, 3.8) is 0 Å². The fourth-order valence-electron chi connectivity index (χ4n) is 4.98. The van der Waals surface area contributed by atoms with Crippen molar-refractivity contribution < 1.29 is 4.79 Å². The Bertz CT molecular complexity index is 902. The van der Waals surface area contributed by atoms with Crippen molar-refractivity contribution in [2.24, 2.45) is 17.8 Å². The molecule has 3 atom stereocenters. The van der Waals surface area contributed by atoms with Crippen molar-refractivity contribution in [1.82, 2.24) is 9.47 Å². The van der Waals surface area contributed by atoms with E-state index in [9.17, 15) is 9.59 Å². The molecule has 1 aromatic carbocycles. The van der Waals surface area contributed by atoms with Crippen LogP contribution in [0.4, 0.5) is 5.69 Å². The normalized spacial score (nSPS) is 24.0. The second kappa shape index (κ2) is 7.47. The molecule has 4 rings (SSSR count). The summed E-state index contributed by atoms with van der Waals surface area (Å²) in [6.07, 6.45) is 7.62. The molecule has 2 aromatic rings. The van der Waals surface area contributed by atoms with Gasteiger partial charge in [-0.3, -0.25) is 9.59 Å². The molecule has 27 heavy (non-hydrogen) atoms. The number of likely N-dealkylation sites (N-methyl/N-ethyl adjacent to an activating group) is 1. The molecule has 0 saturated heterocycles. The van der Waals surface area contributed by atoms with Gasteiger partial charge in [-0.2, -0.15) is 0 Å². The summed E-state index contributed by atoms with van der Waals surface area (Å²) in [6.45, 7) is 1.47. The number of fused-ring (bicyclic) bond motifs is 3. The average molecular weight is 367 g/mol. The van der Waals surface area contributed by atoms with Crippen LogP contribution in [0.3, 0.4) is 0 Å². The minimum absolute atomic E-state index is 0.00134. The number of anilines is 1. The quantitative estimate of drug-likeness (QED) is 0.852. The molecule has 1 unspecified atom stereocenters. The van der Waals surface area contributed by atoms with Crippen LogP contribution in [0, 0.1) is 17.8 Å². The molecule has 2 bridgehead atoms. The average Bonchev–Trinajstić information content (AvgIpc) is 3.24. The van der Waals surface area contributed by atoms with Crippen LogP contribution in [0.5, 0.6) is 0 Å². The first-order valence-electron chi connectivity index (χ1n) is 10.1. The fourth-order valence-corrected chi connectivity index (χ4v) is 4.98. The Morgan fingerprint density at radius 1 is 1.19 bits per heavy atom. The Balaban J connectivity index is 1.51. The first kappa shape index (κ1) is 18.2. The van der Waals surface area contributed by atoms with E-state index in [0.717, 1.165) is 29.5 Å². The van der Waals surface area contributed by atoms with Crippen LogP contribution in [-0.4, -0.2) is 36.0 Å². The molecule has 5 nitrogen and oxygen atoms in total. The number of nitrogens with one attached hydrogen (secondary N) is 1. The van der Waals surface area contributed by atoms with Crippen molar-refractivity contribution >= 4 is 22.4 Å². The van der Waals surface area contributed by atoms with E-state index < -0.39 is 0 Å². The van der Waals surface area contributed by atoms with Gasteiger partial charge in [0.05, 0.1) is 0 Å². The maximum atomic E-state index is 12.8. The molecule has 144 valence electrons. The zero-order valence-corrected chi connectivity index (χ0v) is 16.3. The van der Waals surface area contributed by atoms with E-state index in [0.29, 0.717) is 24.3 Å². The standard InChI is InChI=1S/C22H29N3O2/c1-24(2)10-11-25-9-8-18-19(22(25)27)4-3-5-20(18)23-21(26)14-17-13-15-6-7-16(17)12-15/h3-5,8-9,15-17H,6-7,10-14H2,1-2H3,(H,23,26)/t15-,16+,17?/m0/s1. The number of amides is 1. The Labute approximate surface area is 160 Å².